The summed E-state index contributed by atoms with van der Waals surface area (Å²) in [5.74, 6) is -0.420. The summed E-state index contributed by atoms with van der Waals surface area (Å²) in [6.07, 6.45) is -0.784. The number of aryl methyl sites for hydroxylation is 3. The molecule has 3 rings (SSSR count). The molecule has 26 heavy (non-hydrogen) atoms. The quantitative estimate of drug-likeness (QED) is 0.781. The Kier molecular flexibility index (Phi) is 4.77. The maximum Gasteiger partial charge on any atom is 0.406 e. The normalized spacial score (nSPS) is 14.3. The number of fused-ring (bicyclic) bond motifs is 1. The zero-order chi connectivity index (χ0) is 19.1. The van der Waals surface area contributed by atoms with Crippen molar-refractivity contribution in [3.05, 3.63) is 50.7 Å². The van der Waals surface area contributed by atoms with E-state index in [1.807, 2.05) is 0 Å². The van der Waals surface area contributed by atoms with Crippen LogP contribution in [0.3, 0.4) is 0 Å². The Balaban J connectivity index is 1.87. The predicted octanol–water partition coefficient (Wildman–Crippen LogP) is 2.99. The minimum atomic E-state index is -4.37. The Morgan fingerprint density at radius 3 is 2.58 bits per heavy atom. The van der Waals surface area contributed by atoms with Gasteiger partial charge in [-0.3, -0.25) is 9.59 Å². The Hall–Kier alpha value is -2.38. The van der Waals surface area contributed by atoms with E-state index in [1.54, 1.807) is 0 Å². The number of aromatic nitrogens is 3. The van der Waals surface area contributed by atoms with E-state index in [4.69, 9.17) is 0 Å². The average Bonchev–Trinajstić information content (AvgIpc) is 2.82. The molecule has 1 aliphatic carbocycles. The van der Waals surface area contributed by atoms with Gasteiger partial charge in [0.05, 0.1) is 5.69 Å². The Morgan fingerprint density at radius 1 is 1.19 bits per heavy atom. The van der Waals surface area contributed by atoms with Crippen LogP contribution in [-0.2, 0) is 25.9 Å². The van der Waals surface area contributed by atoms with Crippen molar-refractivity contribution in [2.24, 2.45) is 0 Å². The highest BCUT2D eigenvalue weighted by atomic mass is 19.4. The lowest BCUT2D eigenvalue weighted by molar-refractivity contribution is -0.141. The molecule has 2 heterocycles. The third-order valence-corrected chi connectivity index (χ3v) is 4.78. The maximum atomic E-state index is 12.7. The molecule has 0 fully saturated rings. The van der Waals surface area contributed by atoms with Gasteiger partial charge in [0.1, 0.15) is 13.1 Å². The largest absolute Gasteiger partial charge is 0.406 e. The molecule has 0 atom stereocenters. The van der Waals surface area contributed by atoms with Crippen LogP contribution in [0.2, 0.25) is 0 Å². The number of nitrogens with zero attached hydrogens (tertiary/aromatic N) is 3. The number of carbonyl (C=O) groups excluding carboxylic acids is 1. The van der Waals surface area contributed by atoms with E-state index < -0.39 is 18.5 Å². The molecular weight excluding hydrogens is 347 g/mol. The fourth-order valence-corrected chi connectivity index (χ4v) is 3.44. The summed E-state index contributed by atoms with van der Waals surface area (Å²) >= 11 is 0. The minimum Gasteiger partial charge on any atom is -0.339 e. The highest BCUT2D eigenvalue weighted by Crippen LogP contribution is 2.23. The van der Waals surface area contributed by atoms with Crippen LogP contribution < -0.4 is 5.56 Å². The van der Waals surface area contributed by atoms with Crippen molar-refractivity contribution in [3.8, 4) is 0 Å². The first-order valence-electron chi connectivity index (χ1n) is 8.52. The molecule has 0 bridgehead atoms. The van der Waals surface area contributed by atoms with Crippen molar-refractivity contribution < 1.29 is 18.0 Å². The second kappa shape index (κ2) is 6.74. The highest BCUT2D eigenvalue weighted by Gasteiger charge is 2.30. The summed E-state index contributed by atoms with van der Waals surface area (Å²) in [5, 5.41) is 4.29. The number of rotatable bonds is 4. The van der Waals surface area contributed by atoms with Crippen molar-refractivity contribution in [1.82, 2.24) is 14.3 Å². The van der Waals surface area contributed by atoms with Crippen LogP contribution in [0.4, 0.5) is 13.2 Å². The van der Waals surface area contributed by atoms with Crippen LogP contribution in [0.25, 0.3) is 0 Å². The van der Waals surface area contributed by atoms with Gasteiger partial charge in [-0.05, 0) is 51.2 Å². The summed E-state index contributed by atoms with van der Waals surface area (Å²) in [4.78, 5) is 24.8. The lowest BCUT2D eigenvalue weighted by Crippen LogP contribution is -2.29. The number of ketones is 1. The number of hydrogen-bond donors (Lipinski definition) is 0. The van der Waals surface area contributed by atoms with Crippen LogP contribution >= 0.6 is 0 Å². The van der Waals surface area contributed by atoms with Crippen molar-refractivity contribution in [2.75, 3.05) is 0 Å². The van der Waals surface area contributed by atoms with Crippen LogP contribution in [0, 0.1) is 13.8 Å². The second-order valence-corrected chi connectivity index (χ2v) is 6.73. The third-order valence-electron chi connectivity index (χ3n) is 4.78. The van der Waals surface area contributed by atoms with Gasteiger partial charge in [-0.1, -0.05) is 0 Å². The number of Topliss-reactive ketones (excluding diaryl/α,β-unsaturated/α-hetero) is 1. The molecule has 0 amide bonds. The molecule has 1 aliphatic rings. The Morgan fingerprint density at radius 2 is 1.88 bits per heavy atom. The molecular formula is C18H20F3N3O2. The lowest BCUT2D eigenvalue weighted by atomic mass is 9.97. The van der Waals surface area contributed by atoms with Crippen LogP contribution in [0.1, 0.15) is 45.8 Å². The van der Waals surface area contributed by atoms with Gasteiger partial charge in [-0.2, -0.15) is 18.3 Å². The van der Waals surface area contributed by atoms with Gasteiger partial charge in [0.25, 0.3) is 5.56 Å². The van der Waals surface area contributed by atoms with E-state index in [0.717, 1.165) is 46.2 Å². The van der Waals surface area contributed by atoms with E-state index in [2.05, 4.69) is 5.10 Å². The molecule has 0 N–H and O–H groups in total. The van der Waals surface area contributed by atoms with Crippen molar-refractivity contribution >= 4 is 5.78 Å². The van der Waals surface area contributed by atoms with Gasteiger partial charge >= 0.3 is 6.18 Å². The first-order valence-corrected chi connectivity index (χ1v) is 8.52. The van der Waals surface area contributed by atoms with Gasteiger partial charge in [0.15, 0.2) is 5.78 Å². The standard InChI is InChI=1S/C18H20F3N3O2/c1-11-7-14(12(2)23(11)10-18(19,20)21)16(25)9-24-17(26)8-13-5-3-4-6-15(13)22-24/h7-8H,3-6,9-10H2,1-2H3. The van der Waals surface area contributed by atoms with Gasteiger partial charge < -0.3 is 4.57 Å². The molecule has 0 unspecified atom stereocenters. The fraction of sp³-hybridized carbons (Fsp3) is 0.500. The molecule has 140 valence electrons. The first-order chi connectivity index (χ1) is 12.2. The van der Waals surface area contributed by atoms with Crippen molar-refractivity contribution in [1.29, 1.82) is 0 Å². The number of halogens is 3. The van der Waals surface area contributed by atoms with Crippen molar-refractivity contribution in [3.63, 3.8) is 0 Å². The Labute approximate surface area is 148 Å². The predicted molar refractivity (Wildman–Crippen MR) is 89.4 cm³/mol. The molecule has 0 aliphatic heterocycles. The zero-order valence-corrected chi connectivity index (χ0v) is 14.7. The summed E-state index contributed by atoms with van der Waals surface area (Å²) in [5.41, 5.74) is 2.19. The van der Waals surface area contributed by atoms with E-state index in [9.17, 15) is 22.8 Å². The summed E-state index contributed by atoms with van der Waals surface area (Å²) in [7, 11) is 0. The molecule has 5 nitrogen and oxygen atoms in total. The van der Waals surface area contributed by atoms with E-state index in [0.29, 0.717) is 5.69 Å². The Bertz CT molecular complexity index is 910. The monoisotopic (exact) mass is 367 g/mol. The van der Waals surface area contributed by atoms with Crippen LogP contribution in [0.5, 0.6) is 0 Å². The summed E-state index contributed by atoms with van der Waals surface area (Å²) < 4.78 is 40.3. The third kappa shape index (κ3) is 3.73. The molecule has 2 aromatic heterocycles. The van der Waals surface area contributed by atoms with Crippen LogP contribution in [-0.4, -0.2) is 26.3 Å². The topological polar surface area (TPSA) is 56.9 Å². The molecule has 0 saturated carbocycles. The van der Waals surface area contributed by atoms with E-state index >= 15 is 0 Å². The van der Waals surface area contributed by atoms with Crippen molar-refractivity contribution in [2.45, 2.75) is 58.8 Å². The number of carbonyl (C=O) groups is 1. The highest BCUT2D eigenvalue weighted by molar-refractivity contribution is 5.97. The zero-order valence-electron chi connectivity index (χ0n) is 14.7. The van der Waals surface area contributed by atoms with Gasteiger partial charge in [0.2, 0.25) is 0 Å². The van der Waals surface area contributed by atoms with E-state index in [-0.39, 0.29) is 23.4 Å². The second-order valence-electron chi connectivity index (χ2n) is 6.73. The smallest absolute Gasteiger partial charge is 0.339 e. The average molecular weight is 367 g/mol. The lowest BCUT2D eigenvalue weighted by Gasteiger charge is -2.15. The maximum absolute atomic E-state index is 12.7. The SMILES string of the molecule is Cc1cc(C(=O)Cn2nc3c(cc2=O)CCCC3)c(C)n1CC(F)(F)F. The minimum absolute atomic E-state index is 0.193. The molecule has 8 heteroatoms. The number of hydrogen-bond acceptors (Lipinski definition) is 3. The molecule has 0 saturated heterocycles. The summed E-state index contributed by atoms with van der Waals surface area (Å²) in [6.45, 7) is 1.59. The first kappa shape index (κ1) is 18.4. The van der Waals surface area contributed by atoms with Gasteiger partial charge in [-0.25, -0.2) is 4.68 Å². The number of alkyl halides is 3. The van der Waals surface area contributed by atoms with Gasteiger partial charge in [0, 0.05) is 23.0 Å². The molecule has 0 spiro atoms. The molecule has 0 aromatic carbocycles. The summed E-state index contributed by atoms with van der Waals surface area (Å²) in [6, 6.07) is 2.95. The molecule has 0 radical (unpaired) electrons. The van der Waals surface area contributed by atoms with E-state index in [1.165, 1.54) is 26.0 Å². The van der Waals surface area contributed by atoms with Crippen LogP contribution in [0.15, 0.2) is 16.9 Å². The fourth-order valence-electron chi connectivity index (χ4n) is 3.44. The van der Waals surface area contributed by atoms with Gasteiger partial charge in [-0.15, -0.1) is 0 Å². The molecule has 2 aromatic rings.